The second-order valence-corrected chi connectivity index (χ2v) is 6.08. The monoisotopic (exact) mass is 358 g/mol. The third-order valence-corrected chi connectivity index (χ3v) is 3.91. The highest BCUT2D eigenvalue weighted by atomic mass is 32.2. The fourth-order valence-corrected chi connectivity index (χ4v) is 2.76. The minimum atomic E-state index is -4.92. The number of benzene rings is 1. The van der Waals surface area contributed by atoms with Crippen LogP contribution in [0.1, 0.15) is 12.5 Å². The summed E-state index contributed by atoms with van der Waals surface area (Å²) in [5.41, 5.74) is 0.698. The molecule has 11 heteroatoms. The molecule has 2 amide bonds. The van der Waals surface area contributed by atoms with Gasteiger partial charge in [0.2, 0.25) is 6.23 Å². The summed E-state index contributed by atoms with van der Waals surface area (Å²) in [6, 6.07) is 7.22. The molecule has 1 fully saturated rings. The van der Waals surface area contributed by atoms with E-state index in [9.17, 15) is 22.8 Å². The minimum absolute atomic E-state index is 0.0451. The van der Waals surface area contributed by atoms with Gasteiger partial charge in [0.05, 0.1) is 0 Å². The molecule has 0 unspecified atom stereocenters. The Hall–Kier alpha value is -2.66. The molecule has 24 heavy (non-hydrogen) atoms. The Labute approximate surface area is 137 Å². The summed E-state index contributed by atoms with van der Waals surface area (Å²) in [4.78, 5) is 34.4. The highest BCUT2D eigenvalue weighted by molar-refractivity contribution is 7.84. The number of nitrogens with one attached hydrogen (secondary N) is 1. The van der Waals surface area contributed by atoms with Crippen LogP contribution in [-0.4, -0.2) is 47.5 Å². The van der Waals surface area contributed by atoms with Crippen molar-refractivity contribution in [3.05, 3.63) is 35.9 Å². The molecule has 0 aromatic heterocycles. The summed E-state index contributed by atoms with van der Waals surface area (Å²) in [5.74, 6) is -2.05. The molecule has 0 saturated carbocycles. The maximum Gasteiger partial charge on any atom is 0.408 e. The van der Waals surface area contributed by atoms with Crippen molar-refractivity contribution >= 4 is 28.3 Å². The number of hydrogen-bond donors (Lipinski definition) is 2. The van der Waals surface area contributed by atoms with E-state index in [0.29, 0.717) is 5.56 Å². The fourth-order valence-electron chi connectivity index (χ4n) is 1.99. The molecular formula is C13H14N2O8S. The second kappa shape index (κ2) is 6.84. The summed E-state index contributed by atoms with van der Waals surface area (Å²) in [6.45, 7) is 0.906. The topological polar surface area (TPSA) is 139 Å². The quantitative estimate of drug-likeness (QED) is 0.420. The standard InChI is InChI=1S/C13H14N2O8S/c1-8(16)23-12-10(11(17)15(12)24(19,20)21)14-13(18)22-7-9-5-3-2-4-6-9/h2-6,10,12H,7H2,1H3,(H,14,18)(H,19,20,21)/t10-,12+/m1/s1. The number of carbonyl (C=O) groups excluding carboxylic acids is 3. The summed E-state index contributed by atoms with van der Waals surface area (Å²) < 4.78 is 40.6. The average Bonchev–Trinajstić information content (AvgIpc) is 2.49. The van der Waals surface area contributed by atoms with Crippen molar-refractivity contribution in [3.63, 3.8) is 0 Å². The highest BCUT2D eigenvalue weighted by Gasteiger charge is 2.56. The van der Waals surface area contributed by atoms with Crippen LogP contribution in [0.2, 0.25) is 0 Å². The van der Waals surface area contributed by atoms with E-state index >= 15 is 0 Å². The van der Waals surface area contributed by atoms with Gasteiger partial charge < -0.3 is 14.8 Å². The zero-order chi connectivity index (χ0) is 17.9. The number of hydrogen-bond acceptors (Lipinski definition) is 7. The number of nitrogens with zero attached hydrogens (tertiary/aromatic N) is 1. The molecule has 1 aromatic rings. The molecule has 0 bridgehead atoms. The first-order valence-corrected chi connectivity index (χ1v) is 8.05. The van der Waals surface area contributed by atoms with Gasteiger partial charge in [0.15, 0.2) is 6.04 Å². The Morgan fingerprint density at radius 1 is 1.29 bits per heavy atom. The summed E-state index contributed by atoms with van der Waals surface area (Å²) in [6.07, 6.45) is -2.68. The third-order valence-electron chi connectivity index (χ3n) is 3.02. The van der Waals surface area contributed by atoms with Crippen LogP contribution in [-0.2, 0) is 36.0 Å². The van der Waals surface area contributed by atoms with E-state index in [2.05, 4.69) is 10.1 Å². The molecule has 10 nitrogen and oxygen atoms in total. The first-order valence-electron chi connectivity index (χ1n) is 6.65. The highest BCUT2D eigenvalue weighted by Crippen LogP contribution is 2.24. The van der Waals surface area contributed by atoms with Crippen LogP contribution in [0.25, 0.3) is 0 Å². The van der Waals surface area contributed by atoms with Gasteiger partial charge in [-0.15, -0.1) is 0 Å². The predicted octanol–water partition coefficient (Wildman–Crippen LogP) is -0.184. The van der Waals surface area contributed by atoms with E-state index < -0.39 is 40.5 Å². The van der Waals surface area contributed by atoms with Crippen LogP contribution in [0, 0.1) is 0 Å². The first-order chi connectivity index (χ1) is 11.2. The molecule has 1 aliphatic heterocycles. The Kier molecular flexibility index (Phi) is 5.04. The van der Waals surface area contributed by atoms with Gasteiger partial charge in [-0.25, -0.2) is 4.79 Å². The largest absolute Gasteiger partial charge is 0.445 e. The molecule has 0 aliphatic carbocycles. The van der Waals surface area contributed by atoms with E-state index in [1.54, 1.807) is 30.3 Å². The van der Waals surface area contributed by atoms with Gasteiger partial charge in [-0.2, -0.15) is 12.7 Å². The Morgan fingerprint density at radius 2 is 1.92 bits per heavy atom. The molecule has 1 saturated heterocycles. The lowest BCUT2D eigenvalue weighted by atomic mass is 10.1. The van der Waals surface area contributed by atoms with E-state index in [1.807, 2.05) is 0 Å². The average molecular weight is 358 g/mol. The molecular weight excluding hydrogens is 344 g/mol. The van der Waals surface area contributed by atoms with E-state index in [-0.39, 0.29) is 10.9 Å². The van der Waals surface area contributed by atoms with Crippen LogP contribution in [0.15, 0.2) is 30.3 Å². The van der Waals surface area contributed by atoms with Gasteiger partial charge in [-0.3, -0.25) is 14.1 Å². The molecule has 2 N–H and O–H groups in total. The number of β-lactam (4-membered cyclic amide) rings is 1. The second-order valence-electron chi connectivity index (χ2n) is 4.80. The van der Waals surface area contributed by atoms with Gasteiger partial charge in [0.1, 0.15) is 6.61 Å². The van der Waals surface area contributed by atoms with E-state index in [4.69, 9.17) is 9.29 Å². The van der Waals surface area contributed by atoms with Crippen molar-refractivity contribution in [1.82, 2.24) is 9.62 Å². The first kappa shape index (κ1) is 17.7. The zero-order valence-corrected chi connectivity index (χ0v) is 13.2. The van der Waals surface area contributed by atoms with Crippen molar-refractivity contribution in [2.75, 3.05) is 0 Å². The van der Waals surface area contributed by atoms with Crippen molar-refractivity contribution in [2.45, 2.75) is 25.8 Å². The summed E-state index contributed by atoms with van der Waals surface area (Å²) >= 11 is 0. The van der Waals surface area contributed by atoms with Gasteiger partial charge in [0, 0.05) is 6.92 Å². The van der Waals surface area contributed by atoms with Crippen molar-refractivity contribution in [3.8, 4) is 0 Å². The summed E-state index contributed by atoms with van der Waals surface area (Å²) in [5, 5.41) is 2.09. The summed E-state index contributed by atoms with van der Waals surface area (Å²) in [7, 11) is -4.92. The normalized spacial score (nSPS) is 20.1. The number of alkyl carbamates (subject to hydrolysis) is 1. The lowest BCUT2D eigenvalue weighted by Gasteiger charge is -2.42. The SMILES string of the molecule is CC(=O)O[C@H]1[C@H](NC(=O)OCc2ccccc2)C(=O)N1S(=O)(=O)O. The minimum Gasteiger partial charge on any atom is -0.445 e. The molecule has 1 aromatic carbocycles. The van der Waals surface area contributed by atoms with Crippen molar-refractivity contribution in [2.24, 2.45) is 0 Å². The van der Waals surface area contributed by atoms with Crippen LogP contribution in [0.3, 0.4) is 0 Å². The maximum atomic E-state index is 11.7. The number of esters is 1. The van der Waals surface area contributed by atoms with Gasteiger partial charge in [-0.1, -0.05) is 30.3 Å². The fraction of sp³-hybridized carbons (Fsp3) is 0.308. The number of carbonyl (C=O) groups is 3. The maximum absolute atomic E-state index is 11.7. The van der Waals surface area contributed by atoms with Gasteiger partial charge in [-0.05, 0) is 5.56 Å². The molecule has 1 aliphatic rings. The zero-order valence-electron chi connectivity index (χ0n) is 12.4. The number of ether oxygens (including phenoxy) is 2. The van der Waals surface area contributed by atoms with Crippen molar-refractivity contribution in [1.29, 1.82) is 0 Å². The van der Waals surface area contributed by atoms with Crippen LogP contribution < -0.4 is 5.32 Å². The Balaban J connectivity index is 1.98. The molecule has 1 heterocycles. The van der Waals surface area contributed by atoms with Crippen LogP contribution in [0.4, 0.5) is 4.79 Å². The van der Waals surface area contributed by atoms with Crippen LogP contribution >= 0.6 is 0 Å². The lowest BCUT2D eigenvalue weighted by molar-refractivity contribution is -0.177. The number of rotatable bonds is 5. The van der Waals surface area contributed by atoms with Crippen molar-refractivity contribution < 1.29 is 36.8 Å². The smallest absolute Gasteiger partial charge is 0.408 e. The molecule has 0 radical (unpaired) electrons. The van der Waals surface area contributed by atoms with Gasteiger partial charge in [0.25, 0.3) is 5.91 Å². The number of amides is 2. The Morgan fingerprint density at radius 3 is 2.46 bits per heavy atom. The molecule has 2 atom stereocenters. The lowest BCUT2D eigenvalue weighted by Crippen LogP contribution is -2.73. The predicted molar refractivity (Wildman–Crippen MR) is 77.5 cm³/mol. The molecule has 0 spiro atoms. The van der Waals surface area contributed by atoms with E-state index in [0.717, 1.165) is 6.92 Å². The van der Waals surface area contributed by atoms with E-state index in [1.165, 1.54) is 0 Å². The van der Waals surface area contributed by atoms with Gasteiger partial charge >= 0.3 is 22.4 Å². The Bertz CT molecular complexity index is 748. The molecule has 2 rings (SSSR count). The van der Waals surface area contributed by atoms with Crippen LogP contribution in [0.5, 0.6) is 0 Å². The third kappa shape index (κ3) is 4.00. The molecule has 130 valence electrons.